The van der Waals surface area contributed by atoms with Gasteiger partial charge in [-0.15, -0.1) is 0 Å². The maximum atomic E-state index is 8.64. The molecule has 66 valence electrons. The number of hydrogen-bond donors (Lipinski definition) is 2. The molecule has 1 saturated heterocycles. The topological polar surface area (TPSA) is 32.3 Å². The molecule has 0 aromatic rings. The van der Waals surface area contributed by atoms with Gasteiger partial charge >= 0.3 is 0 Å². The average Bonchev–Trinajstić information content (AvgIpc) is 2.01. The van der Waals surface area contributed by atoms with E-state index in [9.17, 15) is 0 Å². The summed E-state index contributed by atoms with van der Waals surface area (Å²) in [5, 5.41) is 12.2. The second-order valence-electron chi connectivity index (χ2n) is 3.56. The van der Waals surface area contributed by atoms with Gasteiger partial charge in [-0.25, -0.2) is 0 Å². The second-order valence-corrected chi connectivity index (χ2v) is 3.56. The molecule has 2 nitrogen and oxygen atoms in total. The zero-order chi connectivity index (χ0) is 8.10. The first kappa shape index (κ1) is 9.01. The first-order valence-corrected chi connectivity index (χ1v) is 4.70. The molecule has 0 aromatic carbocycles. The van der Waals surface area contributed by atoms with E-state index in [1.165, 1.54) is 19.3 Å². The van der Waals surface area contributed by atoms with Gasteiger partial charge in [-0.1, -0.05) is 6.42 Å². The minimum absolute atomic E-state index is 0.340. The summed E-state index contributed by atoms with van der Waals surface area (Å²) in [4.78, 5) is 0. The number of hydrogen-bond acceptors (Lipinski definition) is 2. The summed E-state index contributed by atoms with van der Waals surface area (Å²) in [5.41, 5.74) is 0. The summed E-state index contributed by atoms with van der Waals surface area (Å²) >= 11 is 0. The molecule has 0 unspecified atom stereocenters. The maximum absolute atomic E-state index is 8.64. The first-order chi connectivity index (χ1) is 5.33. The molecule has 1 rings (SSSR count). The van der Waals surface area contributed by atoms with E-state index in [0.717, 1.165) is 12.8 Å². The highest BCUT2D eigenvalue weighted by atomic mass is 16.2. The van der Waals surface area contributed by atoms with Crippen LogP contribution in [0.15, 0.2) is 0 Å². The van der Waals surface area contributed by atoms with E-state index in [0.29, 0.717) is 18.7 Å². The third kappa shape index (κ3) is 3.21. The van der Waals surface area contributed by atoms with Gasteiger partial charge in [-0.05, 0) is 32.6 Å². The number of rotatable bonds is 3. The summed E-state index contributed by atoms with van der Waals surface area (Å²) in [6.45, 7) is 2.58. The van der Waals surface area contributed by atoms with Crippen LogP contribution in [0.25, 0.3) is 0 Å². The van der Waals surface area contributed by atoms with Crippen molar-refractivity contribution in [1.29, 1.82) is 0 Å². The molecular formula is C9H19NO. The Bertz CT molecular complexity index is 106. The lowest BCUT2D eigenvalue weighted by atomic mass is 9.96. The van der Waals surface area contributed by atoms with Gasteiger partial charge in [0.25, 0.3) is 0 Å². The molecule has 2 atom stereocenters. The predicted molar refractivity (Wildman–Crippen MR) is 46.6 cm³/mol. The number of aliphatic hydroxyl groups is 1. The van der Waals surface area contributed by atoms with Crippen molar-refractivity contribution < 1.29 is 5.11 Å². The van der Waals surface area contributed by atoms with Gasteiger partial charge in [0.2, 0.25) is 0 Å². The van der Waals surface area contributed by atoms with Crippen LogP contribution in [-0.2, 0) is 0 Å². The van der Waals surface area contributed by atoms with Crippen LogP contribution < -0.4 is 5.32 Å². The Morgan fingerprint density at radius 1 is 1.45 bits per heavy atom. The van der Waals surface area contributed by atoms with Crippen LogP contribution in [-0.4, -0.2) is 23.8 Å². The Kier molecular flexibility index (Phi) is 3.87. The SMILES string of the molecule is C[C@H]1CCC[C@@H](CCCO)N1. The summed E-state index contributed by atoms with van der Waals surface area (Å²) in [7, 11) is 0. The molecule has 1 fully saturated rings. The van der Waals surface area contributed by atoms with Gasteiger partial charge < -0.3 is 10.4 Å². The maximum Gasteiger partial charge on any atom is 0.0431 e. The highest BCUT2D eigenvalue weighted by molar-refractivity contribution is 4.77. The lowest BCUT2D eigenvalue weighted by Crippen LogP contribution is -2.40. The summed E-state index contributed by atoms with van der Waals surface area (Å²) in [6, 6.07) is 1.36. The van der Waals surface area contributed by atoms with Crippen molar-refractivity contribution in [2.24, 2.45) is 0 Å². The van der Waals surface area contributed by atoms with E-state index >= 15 is 0 Å². The fourth-order valence-electron chi connectivity index (χ4n) is 1.80. The van der Waals surface area contributed by atoms with Crippen LogP contribution in [0.5, 0.6) is 0 Å². The molecular weight excluding hydrogens is 138 g/mol. The molecule has 0 radical (unpaired) electrons. The van der Waals surface area contributed by atoms with Gasteiger partial charge in [0.1, 0.15) is 0 Å². The minimum atomic E-state index is 0.340. The zero-order valence-electron chi connectivity index (χ0n) is 7.34. The molecule has 1 heterocycles. The van der Waals surface area contributed by atoms with Crippen molar-refractivity contribution in [3.8, 4) is 0 Å². The molecule has 2 N–H and O–H groups in total. The highest BCUT2D eigenvalue weighted by Crippen LogP contribution is 2.15. The van der Waals surface area contributed by atoms with Crippen LogP contribution in [0.2, 0.25) is 0 Å². The Morgan fingerprint density at radius 3 is 2.91 bits per heavy atom. The highest BCUT2D eigenvalue weighted by Gasteiger charge is 2.16. The predicted octanol–water partition coefficient (Wildman–Crippen LogP) is 1.29. The monoisotopic (exact) mass is 157 g/mol. The normalized spacial score (nSPS) is 32.2. The van der Waals surface area contributed by atoms with Crippen molar-refractivity contribution in [2.45, 2.75) is 51.1 Å². The molecule has 0 spiro atoms. The van der Waals surface area contributed by atoms with Crippen LogP contribution in [0.3, 0.4) is 0 Å². The number of piperidine rings is 1. The van der Waals surface area contributed by atoms with Gasteiger partial charge in [-0.2, -0.15) is 0 Å². The van der Waals surface area contributed by atoms with Crippen LogP contribution >= 0.6 is 0 Å². The van der Waals surface area contributed by atoms with Crippen LogP contribution in [0.1, 0.15) is 39.0 Å². The smallest absolute Gasteiger partial charge is 0.0431 e. The summed E-state index contributed by atoms with van der Waals surface area (Å²) < 4.78 is 0. The zero-order valence-corrected chi connectivity index (χ0v) is 7.34. The number of aliphatic hydroxyl groups excluding tert-OH is 1. The average molecular weight is 157 g/mol. The third-order valence-electron chi connectivity index (χ3n) is 2.42. The van der Waals surface area contributed by atoms with E-state index in [2.05, 4.69) is 12.2 Å². The van der Waals surface area contributed by atoms with E-state index in [1.807, 2.05) is 0 Å². The van der Waals surface area contributed by atoms with Crippen molar-refractivity contribution >= 4 is 0 Å². The molecule has 0 aliphatic carbocycles. The molecule has 0 aromatic heterocycles. The Morgan fingerprint density at radius 2 is 2.27 bits per heavy atom. The van der Waals surface area contributed by atoms with Crippen LogP contribution in [0, 0.1) is 0 Å². The van der Waals surface area contributed by atoms with E-state index in [4.69, 9.17) is 5.11 Å². The van der Waals surface area contributed by atoms with Gasteiger partial charge in [-0.3, -0.25) is 0 Å². The van der Waals surface area contributed by atoms with E-state index < -0.39 is 0 Å². The molecule has 11 heavy (non-hydrogen) atoms. The van der Waals surface area contributed by atoms with Crippen molar-refractivity contribution in [3.05, 3.63) is 0 Å². The summed E-state index contributed by atoms with van der Waals surface area (Å²) in [6.07, 6.45) is 6.05. The number of nitrogens with one attached hydrogen (secondary N) is 1. The fourth-order valence-corrected chi connectivity index (χ4v) is 1.80. The van der Waals surface area contributed by atoms with E-state index in [-0.39, 0.29) is 0 Å². The molecule has 1 aliphatic heterocycles. The van der Waals surface area contributed by atoms with E-state index in [1.54, 1.807) is 0 Å². The third-order valence-corrected chi connectivity index (χ3v) is 2.42. The lowest BCUT2D eigenvalue weighted by Gasteiger charge is -2.28. The fraction of sp³-hybridized carbons (Fsp3) is 1.00. The van der Waals surface area contributed by atoms with Gasteiger partial charge in [0.05, 0.1) is 0 Å². The quantitative estimate of drug-likeness (QED) is 0.647. The molecule has 0 saturated carbocycles. The molecule has 0 amide bonds. The van der Waals surface area contributed by atoms with Crippen LogP contribution in [0.4, 0.5) is 0 Å². The Labute approximate surface area is 69.0 Å². The lowest BCUT2D eigenvalue weighted by molar-refractivity contribution is 0.255. The largest absolute Gasteiger partial charge is 0.396 e. The van der Waals surface area contributed by atoms with Gasteiger partial charge in [0, 0.05) is 18.7 Å². The molecule has 1 aliphatic rings. The second kappa shape index (κ2) is 4.73. The Balaban J connectivity index is 2.12. The van der Waals surface area contributed by atoms with Crippen molar-refractivity contribution in [3.63, 3.8) is 0 Å². The molecule has 2 heteroatoms. The van der Waals surface area contributed by atoms with Crippen molar-refractivity contribution in [2.75, 3.05) is 6.61 Å². The standard InChI is InChI=1S/C9H19NO/c1-8-4-2-5-9(10-8)6-3-7-11/h8-11H,2-7H2,1H3/t8-,9-/m0/s1. The minimum Gasteiger partial charge on any atom is -0.396 e. The summed E-state index contributed by atoms with van der Waals surface area (Å²) in [5.74, 6) is 0. The molecule has 0 bridgehead atoms. The first-order valence-electron chi connectivity index (χ1n) is 4.70. The van der Waals surface area contributed by atoms with Crippen molar-refractivity contribution in [1.82, 2.24) is 5.32 Å². The Hall–Kier alpha value is -0.0800. The van der Waals surface area contributed by atoms with Gasteiger partial charge in [0.15, 0.2) is 0 Å².